The highest BCUT2D eigenvalue weighted by molar-refractivity contribution is 7.93. The highest BCUT2D eigenvalue weighted by Gasteiger charge is 2.63. The molecule has 1 unspecified atom stereocenters. The Bertz CT molecular complexity index is 1770. The van der Waals surface area contributed by atoms with Crippen LogP contribution >= 0.6 is 11.6 Å². The van der Waals surface area contributed by atoms with Crippen LogP contribution in [0, 0.1) is 11.3 Å². The third kappa shape index (κ3) is 5.46. The molecule has 0 bridgehead atoms. The molecule has 1 saturated heterocycles. The molecule has 0 aromatic heterocycles. The minimum absolute atomic E-state index is 0.133. The molecule has 2 aliphatic heterocycles. The summed E-state index contributed by atoms with van der Waals surface area (Å²) in [6.45, 7) is 3.70. The van der Waals surface area contributed by atoms with E-state index in [9.17, 15) is 18.5 Å². The second kappa shape index (κ2) is 12.8. The topological polar surface area (TPSA) is 123 Å². The molecule has 2 atom stereocenters. The van der Waals surface area contributed by atoms with E-state index in [0.717, 1.165) is 22.8 Å². The maximum Gasteiger partial charge on any atom is 0.271 e. The van der Waals surface area contributed by atoms with Crippen molar-refractivity contribution in [2.24, 2.45) is 0 Å². The number of carbonyl (C=O) groups excluding carboxylic acids is 2. The number of hydrogen-bond acceptors (Lipinski definition) is 8. The van der Waals surface area contributed by atoms with E-state index in [4.69, 9.17) is 16.3 Å². The molecule has 2 heterocycles. The Hall–Kier alpha value is -3.95. The first kappa shape index (κ1) is 32.4. The average Bonchev–Trinajstić information content (AvgIpc) is 3.61. The van der Waals surface area contributed by atoms with Crippen LogP contribution in [0.25, 0.3) is 0 Å². The monoisotopic (exact) mass is 649 g/mol. The standard InChI is InChI=1S/C33H36ClN5O5S/c1-5-16-36-21-23-10-15-30(44-4)27(18-23)33(38-17-6-7-29(38)31(40)37(2)3)26-19-24(34)11-14-28(26)39(32(33)41)45(42,43)25-12-8-22(20-35)9-13-25/h8-15,18-19,29,36H,5-7,16-17,21H2,1-4H3/t29?,33-/m0/s1. The van der Waals surface area contributed by atoms with Crippen molar-refractivity contribution in [1.29, 1.82) is 5.26 Å². The second-order valence-electron chi connectivity index (χ2n) is 11.4. The van der Waals surface area contributed by atoms with Gasteiger partial charge in [-0.25, -0.2) is 12.7 Å². The molecule has 12 heteroatoms. The van der Waals surface area contributed by atoms with Gasteiger partial charge in [0.05, 0.1) is 35.4 Å². The van der Waals surface area contributed by atoms with E-state index in [1.165, 1.54) is 42.3 Å². The number of likely N-dealkylation sites (tertiary alicyclic amines) is 1. The van der Waals surface area contributed by atoms with E-state index < -0.39 is 27.5 Å². The van der Waals surface area contributed by atoms with E-state index in [1.807, 2.05) is 23.1 Å². The Morgan fingerprint density at radius 2 is 1.87 bits per heavy atom. The number of halogens is 1. The molecule has 0 aliphatic carbocycles. The molecule has 1 fully saturated rings. The number of amides is 2. The Balaban J connectivity index is 1.83. The van der Waals surface area contributed by atoms with Crippen LogP contribution < -0.4 is 14.4 Å². The first-order valence-electron chi connectivity index (χ1n) is 14.8. The van der Waals surface area contributed by atoms with Crippen LogP contribution in [0.1, 0.15) is 48.4 Å². The number of nitriles is 1. The van der Waals surface area contributed by atoms with Crippen LogP contribution in [-0.2, 0) is 31.7 Å². The normalized spacial score (nSPS) is 19.8. The van der Waals surface area contributed by atoms with Gasteiger partial charge in [0, 0.05) is 43.3 Å². The van der Waals surface area contributed by atoms with Crippen LogP contribution in [0.15, 0.2) is 65.6 Å². The molecule has 2 amide bonds. The number of carbonyl (C=O) groups is 2. The zero-order valence-corrected chi connectivity index (χ0v) is 27.3. The number of rotatable bonds is 10. The minimum atomic E-state index is -4.49. The van der Waals surface area contributed by atoms with E-state index in [-0.39, 0.29) is 22.1 Å². The SMILES string of the molecule is CCCNCc1ccc(OC)c([C@]2(N3CCCC3C(=O)N(C)C)C(=O)N(S(=O)(=O)c3ccc(C#N)cc3)c3ccc(Cl)cc32)c1. The van der Waals surface area contributed by atoms with Gasteiger partial charge < -0.3 is 15.0 Å². The predicted octanol–water partition coefficient (Wildman–Crippen LogP) is 4.25. The number of fused-ring (bicyclic) bond motifs is 1. The van der Waals surface area contributed by atoms with Crippen molar-refractivity contribution in [2.75, 3.05) is 38.6 Å². The fourth-order valence-electron chi connectivity index (χ4n) is 6.37. The van der Waals surface area contributed by atoms with Crippen molar-refractivity contribution < 1.29 is 22.7 Å². The van der Waals surface area contributed by atoms with Gasteiger partial charge in [0.15, 0.2) is 5.54 Å². The van der Waals surface area contributed by atoms with Crippen LogP contribution in [0.2, 0.25) is 5.02 Å². The molecule has 0 radical (unpaired) electrons. The molecule has 0 saturated carbocycles. The maximum absolute atomic E-state index is 15.3. The van der Waals surface area contributed by atoms with Gasteiger partial charge in [0.25, 0.3) is 15.9 Å². The summed E-state index contributed by atoms with van der Waals surface area (Å²) in [4.78, 5) is 32.1. The highest BCUT2D eigenvalue weighted by atomic mass is 35.5. The van der Waals surface area contributed by atoms with Crippen molar-refractivity contribution in [3.05, 3.63) is 87.9 Å². The first-order chi connectivity index (χ1) is 21.5. The molecular formula is C33H36ClN5O5S. The Morgan fingerprint density at radius 1 is 1.13 bits per heavy atom. The maximum atomic E-state index is 15.3. The van der Waals surface area contributed by atoms with Crippen molar-refractivity contribution in [3.63, 3.8) is 0 Å². The number of benzene rings is 3. The zero-order valence-electron chi connectivity index (χ0n) is 25.7. The van der Waals surface area contributed by atoms with E-state index in [0.29, 0.717) is 47.8 Å². The molecule has 0 spiro atoms. The van der Waals surface area contributed by atoms with Gasteiger partial charge >= 0.3 is 0 Å². The Labute approximate surface area is 269 Å². The van der Waals surface area contributed by atoms with Gasteiger partial charge in [-0.2, -0.15) is 5.26 Å². The number of ether oxygens (including phenoxy) is 1. The van der Waals surface area contributed by atoms with E-state index in [2.05, 4.69) is 12.2 Å². The molecule has 2 aliphatic rings. The van der Waals surface area contributed by atoms with Crippen LogP contribution in [-0.4, -0.2) is 70.4 Å². The summed E-state index contributed by atoms with van der Waals surface area (Å²) < 4.78 is 35.5. The molecule has 10 nitrogen and oxygen atoms in total. The van der Waals surface area contributed by atoms with Crippen molar-refractivity contribution >= 4 is 39.1 Å². The number of likely N-dealkylation sites (N-methyl/N-ethyl adjacent to an activating group) is 1. The molecule has 3 aromatic rings. The van der Waals surface area contributed by atoms with Crippen LogP contribution in [0.4, 0.5) is 5.69 Å². The zero-order chi connectivity index (χ0) is 32.5. The third-order valence-corrected chi connectivity index (χ3v) is 10.3. The largest absolute Gasteiger partial charge is 0.496 e. The molecule has 3 aromatic carbocycles. The van der Waals surface area contributed by atoms with Crippen molar-refractivity contribution in [3.8, 4) is 11.8 Å². The number of methoxy groups -OCH3 is 1. The minimum Gasteiger partial charge on any atom is -0.496 e. The number of nitrogens with zero attached hydrogens (tertiary/aromatic N) is 4. The van der Waals surface area contributed by atoms with Gasteiger partial charge in [-0.15, -0.1) is 0 Å². The molecule has 5 rings (SSSR count). The number of sulfonamides is 1. The summed E-state index contributed by atoms with van der Waals surface area (Å²) in [7, 11) is 0.328. The summed E-state index contributed by atoms with van der Waals surface area (Å²) >= 11 is 6.60. The summed E-state index contributed by atoms with van der Waals surface area (Å²) in [6.07, 6.45) is 2.02. The lowest BCUT2D eigenvalue weighted by Gasteiger charge is -2.42. The number of nitrogens with one attached hydrogen (secondary N) is 1. The van der Waals surface area contributed by atoms with E-state index >= 15 is 4.79 Å². The lowest BCUT2D eigenvalue weighted by molar-refractivity contribution is -0.138. The molecule has 1 N–H and O–H groups in total. The summed E-state index contributed by atoms with van der Waals surface area (Å²) in [5.74, 6) is -0.593. The third-order valence-electron chi connectivity index (χ3n) is 8.40. The summed E-state index contributed by atoms with van der Waals surface area (Å²) in [5, 5.41) is 13.0. The molecule has 236 valence electrons. The van der Waals surface area contributed by atoms with E-state index in [1.54, 1.807) is 32.3 Å². The van der Waals surface area contributed by atoms with Crippen LogP contribution in [0.3, 0.4) is 0 Å². The molecule has 45 heavy (non-hydrogen) atoms. The first-order valence-corrected chi connectivity index (χ1v) is 16.6. The smallest absolute Gasteiger partial charge is 0.271 e. The number of hydrogen-bond donors (Lipinski definition) is 1. The Morgan fingerprint density at radius 3 is 2.51 bits per heavy atom. The quantitative estimate of drug-likeness (QED) is 0.324. The van der Waals surface area contributed by atoms with Crippen LogP contribution in [0.5, 0.6) is 5.75 Å². The van der Waals surface area contributed by atoms with Gasteiger partial charge in [0.1, 0.15) is 5.75 Å². The summed E-state index contributed by atoms with van der Waals surface area (Å²) in [6, 6.07) is 16.9. The van der Waals surface area contributed by atoms with Gasteiger partial charge in [-0.3, -0.25) is 14.5 Å². The lowest BCUT2D eigenvalue weighted by Crippen LogP contribution is -2.59. The van der Waals surface area contributed by atoms with Gasteiger partial charge in [0.2, 0.25) is 5.91 Å². The average molecular weight is 650 g/mol. The summed E-state index contributed by atoms with van der Waals surface area (Å²) in [5.41, 5.74) is 0.256. The number of anilines is 1. The van der Waals surface area contributed by atoms with Crippen molar-refractivity contribution in [1.82, 2.24) is 15.1 Å². The second-order valence-corrected chi connectivity index (χ2v) is 13.6. The fourth-order valence-corrected chi connectivity index (χ4v) is 8.00. The Kier molecular flexibility index (Phi) is 9.23. The molecular weight excluding hydrogens is 614 g/mol. The van der Waals surface area contributed by atoms with Crippen molar-refractivity contribution in [2.45, 2.75) is 49.2 Å². The fraction of sp³-hybridized carbons (Fsp3) is 0.364. The lowest BCUT2D eigenvalue weighted by atomic mass is 9.80. The van der Waals surface area contributed by atoms with Gasteiger partial charge in [-0.1, -0.05) is 24.6 Å². The van der Waals surface area contributed by atoms with Gasteiger partial charge in [-0.05, 0) is 86.0 Å². The predicted molar refractivity (Wildman–Crippen MR) is 171 cm³/mol. The highest BCUT2D eigenvalue weighted by Crippen LogP contribution is 2.55.